The smallest absolute Gasteiger partial charge is 0.119 e. The lowest BCUT2D eigenvalue weighted by Gasteiger charge is -2.21. The van der Waals surface area contributed by atoms with Gasteiger partial charge in [0.1, 0.15) is 11.5 Å². The van der Waals surface area contributed by atoms with Gasteiger partial charge in [-0.15, -0.1) is 0 Å². The first-order chi connectivity index (χ1) is 11.6. The fourth-order valence-electron chi connectivity index (χ4n) is 3.06. The molecule has 0 amide bonds. The van der Waals surface area contributed by atoms with Crippen molar-refractivity contribution < 1.29 is 10.2 Å². The van der Waals surface area contributed by atoms with Crippen LogP contribution in [0.15, 0.2) is 72.8 Å². The minimum absolute atomic E-state index is 0.214. The van der Waals surface area contributed by atoms with Gasteiger partial charge in [-0.2, -0.15) is 0 Å². The number of hydrogen-bond donors (Lipinski definition) is 2. The lowest BCUT2D eigenvalue weighted by atomic mass is 9.83. The summed E-state index contributed by atoms with van der Waals surface area (Å²) in [5.74, 6) is 0.721. The molecule has 0 spiro atoms. The summed E-state index contributed by atoms with van der Waals surface area (Å²) in [6.07, 6.45) is 0. The van der Waals surface area contributed by atoms with Gasteiger partial charge >= 0.3 is 0 Å². The molecule has 0 aliphatic heterocycles. The average Bonchev–Trinajstić information content (AvgIpc) is 2.59. The Kier molecular flexibility index (Phi) is 4.57. The van der Waals surface area contributed by atoms with Gasteiger partial charge in [0.2, 0.25) is 0 Å². The van der Waals surface area contributed by atoms with Crippen molar-refractivity contribution in [1.82, 2.24) is 0 Å². The van der Waals surface area contributed by atoms with Crippen LogP contribution in [0.4, 0.5) is 0 Å². The van der Waals surface area contributed by atoms with Gasteiger partial charge in [-0.05, 0) is 29.2 Å². The standard InChI is InChI=1S/C22H22O2/c1-15(2)16-11-13-17(14-12-16)22(18-7-3-5-9-20(18)23)19-8-4-6-10-21(19)24/h3-15,22-24H,1-2H3. The van der Waals surface area contributed by atoms with E-state index in [2.05, 4.69) is 38.1 Å². The maximum absolute atomic E-state index is 10.4. The first-order valence-corrected chi connectivity index (χ1v) is 8.23. The van der Waals surface area contributed by atoms with Crippen molar-refractivity contribution in [3.8, 4) is 11.5 Å². The van der Waals surface area contributed by atoms with Crippen molar-refractivity contribution in [2.45, 2.75) is 25.7 Å². The zero-order valence-corrected chi connectivity index (χ0v) is 14.0. The summed E-state index contributed by atoms with van der Waals surface area (Å²) >= 11 is 0. The Hall–Kier alpha value is -2.74. The van der Waals surface area contributed by atoms with Crippen LogP contribution in [-0.2, 0) is 0 Å². The van der Waals surface area contributed by atoms with Crippen LogP contribution < -0.4 is 0 Å². The van der Waals surface area contributed by atoms with Crippen molar-refractivity contribution in [2.24, 2.45) is 0 Å². The number of para-hydroxylation sites is 2. The topological polar surface area (TPSA) is 40.5 Å². The predicted molar refractivity (Wildman–Crippen MR) is 97.7 cm³/mol. The van der Waals surface area contributed by atoms with E-state index in [1.54, 1.807) is 12.1 Å². The molecule has 0 aliphatic rings. The Labute approximate surface area is 143 Å². The Morgan fingerprint density at radius 2 is 1.00 bits per heavy atom. The second kappa shape index (κ2) is 6.79. The molecule has 0 heterocycles. The molecule has 0 aromatic heterocycles. The fraction of sp³-hybridized carbons (Fsp3) is 0.182. The molecule has 0 fully saturated rings. The molecule has 2 heteroatoms. The molecule has 2 nitrogen and oxygen atoms in total. The second-order valence-electron chi connectivity index (χ2n) is 6.37. The molecular formula is C22H22O2. The lowest BCUT2D eigenvalue weighted by Crippen LogP contribution is -2.04. The molecule has 3 aromatic carbocycles. The van der Waals surface area contributed by atoms with Crippen LogP contribution in [0, 0.1) is 0 Å². The molecule has 0 radical (unpaired) electrons. The highest BCUT2D eigenvalue weighted by Crippen LogP contribution is 2.40. The number of aromatic hydroxyl groups is 2. The molecule has 3 aromatic rings. The van der Waals surface area contributed by atoms with E-state index in [9.17, 15) is 10.2 Å². The Morgan fingerprint density at radius 3 is 1.42 bits per heavy atom. The van der Waals surface area contributed by atoms with Gasteiger partial charge in [-0.1, -0.05) is 74.5 Å². The van der Waals surface area contributed by atoms with E-state index in [4.69, 9.17) is 0 Å². The van der Waals surface area contributed by atoms with Crippen molar-refractivity contribution in [3.05, 3.63) is 95.1 Å². The molecular weight excluding hydrogens is 296 g/mol. The number of phenols is 2. The van der Waals surface area contributed by atoms with Crippen molar-refractivity contribution in [2.75, 3.05) is 0 Å². The highest BCUT2D eigenvalue weighted by atomic mass is 16.3. The van der Waals surface area contributed by atoms with E-state index >= 15 is 0 Å². The largest absolute Gasteiger partial charge is 0.508 e. The molecule has 122 valence electrons. The van der Waals surface area contributed by atoms with Crippen LogP contribution in [0.5, 0.6) is 11.5 Å². The highest BCUT2D eigenvalue weighted by molar-refractivity contribution is 5.52. The summed E-state index contributed by atoms with van der Waals surface area (Å²) in [5.41, 5.74) is 3.89. The SMILES string of the molecule is CC(C)c1ccc(C(c2ccccc2O)c2ccccc2O)cc1. The zero-order chi connectivity index (χ0) is 17.1. The van der Waals surface area contributed by atoms with E-state index in [-0.39, 0.29) is 17.4 Å². The summed E-state index contributed by atoms with van der Waals surface area (Å²) < 4.78 is 0. The summed E-state index contributed by atoms with van der Waals surface area (Å²) in [6, 6.07) is 23.0. The molecule has 2 N–H and O–H groups in total. The van der Waals surface area contributed by atoms with Gasteiger partial charge in [0.05, 0.1) is 0 Å². The van der Waals surface area contributed by atoms with E-state index in [1.165, 1.54) is 5.56 Å². The van der Waals surface area contributed by atoms with Crippen LogP contribution in [-0.4, -0.2) is 10.2 Å². The van der Waals surface area contributed by atoms with Gasteiger partial charge in [0.25, 0.3) is 0 Å². The predicted octanol–water partition coefficient (Wildman–Crippen LogP) is 5.40. The molecule has 0 saturated heterocycles. The number of hydrogen-bond acceptors (Lipinski definition) is 2. The summed E-state index contributed by atoms with van der Waals surface area (Å²) in [5, 5.41) is 20.7. The maximum Gasteiger partial charge on any atom is 0.119 e. The average molecular weight is 318 g/mol. The fourth-order valence-corrected chi connectivity index (χ4v) is 3.06. The van der Waals surface area contributed by atoms with E-state index < -0.39 is 0 Å². The summed E-state index contributed by atoms with van der Waals surface area (Å²) in [4.78, 5) is 0. The molecule has 0 bridgehead atoms. The lowest BCUT2D eigenvalue weighted by molar-refractivity contribution is 0.458. The third-order valence-electron chi connectivity index (χ3n) is 4.43. The maximum atomic E-state index is 10.4. The molecule has 0 aliphatic carbocycles. The molecule has 0 saturated carbocycles. The monoisotopic (exact) mass is 318 g/mol. The zero-order valence-electron chi connectivity index (χ0n) is 14.0. The molecule has 0 atom stereocenters. The van der Waals surface area contributed by atoms with Crippen LogP contribution in [0.3, 0.4) is 0 Å². The van der Waals surface area contributed by atoms with Crippen molar-refractivity contribution in [1.29, 1.82) is 0 Å². The first-order valence-electron chi connectivity index (χ1n) is 8.23. The Bertz CT molecular complexity index is 774. The third-order valence-corrected chi connectivity index (χ3v) is 4.43. The van der Waals surface area contributed by atoms with Crippen molar-refractivity contribution in [3.63, 3.8) is 0 Å². The third kappa shape index (κ3) is 3.13. The van der Waals surface area contributed by atoms with Gasteiger partial charge < -0.3 is 10.2 Å². The Morgan fingerprint density at radius 1 is 0.583 bits per heavy atom. The van der Waals surface area contributed by atoms with Crippen LogP contribution in [0.25, 0.3) is 0 Å². The number of rotatable bonds is 4. The van der Waals surface area contributed by atoms with Crippen LogP contribution in [0.1, 0.15) is 47.9 Å². The number of phenolic OH excluding ortho intramolecular Hbond substituents is 2. The van der Waals surface area contributed by atoms with Crippen LogP contribution >= 0.6 is 0 Å². The van der Waals surface area contributed by atoms with E-state index in [1.807, 2.05) is 36.4 Å². The molecule has 24 heavy (non-hydrogen) atoms. The number of benzene rings is 3. The van der Waals surface area contributed by atoms with Gasteiger partial charge in [-0.25, -0.2) is 0 Å². The quantitative estimate of drug-likeness (QED) is 0.632. The summed E-state index contributed by atoms with van der Waals surface area (Å²) in [6.45, 7) is 4.33. The summed E-state index contributed by atoms with van der Waals surface area (Å²) in [7, 11) is 0. The normalized spacial score (nSPS) is 11.2. The Balaban J connectivity index is 2.16. The van der Waals surface area contributed by atoms with Gasteiger partial charge in [0.15, 0.2) is 0 Å². The van der Waals surface area contributed by atoms with Gasteiger partial charge in [-0.3, -0.25) is 0 Å². The minimum atomic E-state index is -0.214. The van der Waals surface area contributed by atoms with Crippen molar-refractivity contribution >= 4 is 0 Å². The second-order valence-corrected chi connectivity index (χ2v) is 6.37. The first kappa shape index (κ1) is 16.1. The van der Waals surface area contributed by atoms with E-state index in [0.717, 1.165) is 16.7 Å². The van der Waals surface area contributed by atoms with Gasteiger partial charge in [0, 0.05) is 17.0 Å². The van der Waals surface area contributed by atoms with E-state index in [0.29, 0.717) is 5.92 Å². The molecule has 0 unspecified atom stereocenters. The highest BCUT2D eigenvalue weighted by Gasteiger charge is 2.22. The minimum Gasteiger partial charge on any atom is -0.508 e. The molecule has 3 rings (SSSR count). The van der Waals surface area contributed by atoms with Crippen LogP contribution in [0.2, 0.25) is 0 Å².